The molecular weight excluding hydrogens is 152 g/mol. The van der Waals surface area contributed by atoms with Gasteiger partial charge in [-0.1, -0.05) is 12.2 Å². The SMILES string of the molecule is N.S=CSN1CCCC1. The van der Waals surface area contributed by atoms with Gasteiger partial charge in [-0.05, 0) is 24.8 Å². The molecule has 4 heteroatoms. The van der Waals surface area contributed by atoms with E-state index in [2.05, 4.69) is 16.5 Å². The zero-order chi connectivity index (χ0) is 5.82. The molecule has 1 aliphatic rings. The molecule has 0 radical (unpaired) electrons. The van der Waals surface area contributed by atoms with Crippen molar-refractivity contribution in [2.24, 2.45) is 0 Å². The van der Waals surface area contributed by atoms with E-state index in [1.807, 2.05) is 0 Å². The smallest absolute Gasteiger partial charge is 0.0499 e. The second-order valence-electron chi connectivity index (χ2n) is 1.84. The van der Waals surface area contributed by atoms with Crippen LogP contribution in [-0.4, -0.2) is 22.1 Å². The Labute approximate surface area is 65.7 Å². The number of hydrogen-bond donors (Lipinski definition) is 1. The molecule has 0 atom stereocenters. The third kappa shape index (κ3) is 3.15. The van der Waals surface area contributed by atoms with Crippen molar-refractivity contribution in [2.75, 3.05) is 13.1 Å². The summed E-state index contributed by atoms with van der Waals surface area (Å²) in [6, 6.07) is 0. The topological polar surface area (TPSA) is 38.2 Å². The van der Waals surface area contributed by atoms with Gasteiger partial charge in [-0.15, -0.1) is 0 Å². The fourth-order valence-electron chi connectivity index (χ4n) is 0.854. The Morgan fingerprint density at radius 2 is 1.89 bits per heavy atom. The maximum Gasteiger partial charge on any atom is 0.0499 e. The third-order valence-corrected chi connectivity index (χ3v) is 2.26. The van der Waals surface area contributed by atoms with Crippen LogP contribution in [0.15, 0.2) is 0 Å². The minimum absolute atomic E-state index is 0. The van der Waals surface area contributed by atoms with E-state index in [0.717, 1.165) is 0 Å². The van der Waals surface area contributed by atoms with Crippen LogP contribution in [0.5, 0.6) is 0 Å². The lowest BCUT2D eigenvalue weighted by Gasteiger charge is -2.06. The number of thiocarbonyl (C=S) groups is 1. The Balaban J connectivity index is 0.000000640. The van der Waals surface area contributed by atoms with Gasteiger partial charge in [0.15, 0.2) is 0 Å². The van der Waals surface area contributed by atoms with E-state index >= 15 is 0 Å². The molecule has 2 nitrogen and oxygen atoms in total. The molecular formula is C5H12N2S2. The second kappa shape index (κ2) is 5.17. The average molecular weight is 164 g/mol. The van der Waals surface area contributed by atoms with E-state index in [1.54, 1.807) is 16.6 Å². The number of rotatable bonds is 2. The molecule has 0 spiro atoms. The summed E-state index contributed by atoms with van der Waals surface area (Å²) < 4.78 is 4.03. The molecule has 1 aliphatic heterocycles. The van der Waals surface area contributed by atoms with Crippen LogP contribution in [0.25, 0.3) is 0 Å². The first-order chi connectivity index (χ1) is 3.93. The Hall–Kier alpha value is 0.360. The first kappa shape index (κ1) is 9.36. The van der Waals surface area contributed by atoms with Gasteiger partial charge in [-0.2, -0.15) is 0 Å². The quantitative estimate of drug-likeness (QED) is 0.499. The van der Waals surface area contributed by atoms with Crippen LogP contribution in [0.2, 0.25) is 0 Å². The molecule has 54 valence electrons. The number of nitrogens with zero attached hydrogens (tertiary/aromatic N) is 1. The lowest BCUT2D eigenvalue weighted by molar-refractivity contribution is 0.592. The van der Waals surface area contributed by atoms with Crippen molar-refractivity contribution in [3.8, 4) is 0 Å². The van der Waals surface area contributed by atoms with Crippen LogP contribution in [0.1, 0.15) is 12.8 Å². The summed E-state index contributed by atoms with van der Waals surface area (Å²) in [6.07, 6.45) is 2.69. The molecule has 0 aliphatic carbocycles. The molecule has 1 rings (SSSR count). The second-order valence-corrected chi connectivity index (χ2v) is 3.33. The molecule has 0 amide bonds. The molecule has 0 saturated carbocycles. The molecule has 1 heterocycles. The molecule has 0 aromatic heterocycles. The van der Waals surface area contributed by atoms with Gasteiger partial charge in [-0.3, -0.25) is 0 Å². The lowest BCUT2D eigenvalue weighted by atomic mass is 10.4. The Morgan fingerprint density at radius 3 is 2.33 bits per heavy atom. The van der Waals surface area contributed by atoms with Crippen LogP contribution < -0.4 is 6.15 Å². The van der Waals surface area contributed by atoms with Crippen molar-refractivity contribution < 1.29 is 0 Å². The molecule has 3 N–H and O–H groups in total. The zero-order valence-corrected chi connectivity index (χ0v) is 7.01. The highest BCUT2D eigenvalue weighted by atomic mass is 32.2. The van der Waals surface area contributed by atoms with E-state index in [4.69, 9.17) is 0 Å². The van der Waals surface area contributed by atoms with Crippen LogP contribution in [0.4, 0.5) is 0 Å². The summed E-state index contributed by atoms with van der Waals surface area (Å²) in [5.41, 5.74) is 0. The van der Waals surface area contributed by atoms with E-state index in [0.29, 0.717) is 0 Å². The first-order valence-corrected chi connectivity index (χ1v) is 4.09. The van der Waals surface area contributed by atoms with E-state index in [9.17, 15) is 0 Å². The van der Waals surface area contributed by atoms with Gasteiger partial charge in [0.1, 0.15) is 0 Å². The van der Waals surface area contributed by atoms with Crippen LogP contribution >= 0.6 is 24.2 Å². The largest absolute Gasteiger partial charge is 0.344 e. The minimum Gasteiger partial charge on any atom is -0.344 e. The van der Waals surface area contributed by atoms with Crippen molar-refractivity contribution in [3.05, 3.63) is 0 Å². The first-order valence-electron chi connectivity index (χ1n) is 2.79. The Morgan fingerprint density at radius 1 is 1.33 bits per heavy atom. The molecule has 0 bridgehead atoms. The lowest BCUT2D eigenvalue weighted by Crippen LogP contribution is -2.07. The summed E-state index contributed by atoms with van der Waals surface area (Å²) in [6.45, 7) is 2.44. The number of hydrogen-bond acceptors (Lipinski definition) is 4. The van der Waals surface area contributed by atoms with Crippen molar-refractivity contribution in [1.82, 2.24) is 10.5 Å². The van der Waals surface area contributed by atoms with E-state index in [1.165, 1.54) is 25.9 Å². The van der Waals surface area contributed by atoms with Crippen LogP contribution in [0.3, 0.4) is 0 Å². The van der Waals surface area contributed by atoms with Crippen molar-refractivity contribution in [2.45, 2.75) is 12.8 Å². The highest BCUT2D eigenvalue weighted by Crippen LogP contribution is 2.15. The summed E-state index contributed by atoms with van der Waals surface area (Å²) in [5, 5.41) is 0. The summed E-state index contributed by atoms with van der Waals surface area (Å²) in [5.74, 6) is 0. The fourth-order valence-corrected chi connectivity index (χ4v) is 1.81. The highest BCUT2D eigenvalue weighted by Gasteiger charge is 2.09. The maximum atomic E-state index is 4.68. The molecule has 9 heavy (non-hydrogen) atoms. The molecule has 0 aromatic carbocycles. The summed E-state index contributed by atoms with van der Waals surface area (Å²) in [4.78, 5) is 0. The standard InChI is InChI=1S/C5H9NS2.H3N/c7-5-8-6-3-1-2-4-6;/h5H,1-4H2;1H3. The van der Waals surface area contributed by atoms with Gasteiger partial charge in [0.2, 0.25) is 0 Å². The van der Waals surface area contributed by atoms with Crippen LogP contribution in [-0.2, 0) is 0 Å². The summed E-state index contributed by atoms with van der Waals surface area (Å²) >= 11 is 6.35. The zero-order valence-electron chi connectivity index (χ0n) is 5.38. The minimum atomic E-state index is 0. The normalized spacial score (nSPS) is 19.1. The Kier molecular flexibility index (Phi) is 5.38. The highest BCUT2D eigenvalue weighted by molar-refractivity contribution is 8.19. The van der Waals surface area contributed by atoms with Gasteiger partial charge in [-0.25, -0.2) is 4.31 Å². The molecule has 0 unspecified atom stereocenters. The Bertz CT molecular complexity index is 81.0. The van der Waals surface area contributed by atoms with Gasteiger partial charge < -0.3 is 6.15 Å². The van der Waals surface area contributed by atoms with Crippen molar-refractivity contribution in [1.29, 1.82) is 0 Å². The maximum absolute atomic E-state index is 4.68. The summed E-state index contributed by atoms with van der Waals surface area (Å²) in [7, 11) is 0. The van der Waals surface area contributed by atoms with E-state index in [-0.39, 0.29) is 6.15 Å². The molecule has 0 aromatic rings. The predicted molar refractivity (Wildman–Crippen MR) is 47.1 cm³/mol. The van der Waals surface area contributed by atoms with Crippen LogP contribution in [0, 0.1) is 0 Å². The van der Waals surface area contributed by atoms with Crippen molar-refractivity contribution in [3.63, 3.8) is 0 Å². The molecule has 1 saturated heterocycles. The van der Waals surface area contributed by atoms with Gasteiger partial charge >= 0.3 is 0 Å². The van der Waals surface area contributed by atoms with Gasteiger partial charge in [0, 0.05) is 17.8 Å². The fraction of sp³-hybridized carbons (Fsp3) is 0.800. The van der Waals surface area contributed by atoms with Gasteiger partial charge in [0.05, 0.1) is 0 Å². The predicted octanol–water partition coefficient (Wildman–Crippen LogP) is 1.85. The van der Waals surface area contributed by atoms with Crippen molar-refractivity contribution >= 4 is 28.9 Å². The third-order valence-electron chi connectivity index (χ3n) is 1.26. The monoisotopic (exact) mass is 164 g/mol. The molecule has 1 fully saturated rings. The average Bonchev–Trinajstić information content (AvgIpc) is 2.19. The van der Waals surface area contributed by atoms with Gasteiger partial charge in [0.25, 0.3) is 0 Å². The van der Waals surface area contributed by atoms with E-state index < -0.39 is 0 Å².